The zero-order valence-electron chi connectivity index (χ0n) is 14.7. The molecule has 0 bridgehead atoms. The van der Waals surface area contributed by atoms with Crippen molar-refractivity contribution in [3.05, 3.63) is 41.5 Å². The molecule has 1 aliphatic heterocycles. The molecule has 0 radical (unpaired) electrons. The van der Waals surface area contributed by atoms with Crippen molar-refractivity contribution >= 4 is 0 Å². The quantitative estimate of drug-likeness (QED) is 0.795. The van der Waals surface area contributed by atoms with Crippen LogP contribution in [-0.4, -0.2) is 59.3 Å². The minimum atomic E-state index is 0.151. The second-order valence-corrected chi connectivity index (χ2v) is 6.22. The van der Waals surface area contributed by atoms with Gasteiger partial charge in [0.05, 0.1) is 17.7 Å². The number of aromatic nitrogens is 2. The standard InChI is InChI=1S/C18H23N5O2/c1-14(18-20-15(2)21-25-18)23-9-7-22(8-10-23)11-12-24-17-5-3-16(13-19)4-6-17/h3-6,14H,7-12H2,1-2H3/t14-/m0/s1. The van der Waals surface area contributed by atoms with Crippen LogP contribution in [0.3, 0.4) is 0 Å². The van der Waals surface area contributed by atoms with Gasteiger partial charge in [-0.3, -0.25) is 9.80 Å². The van der Waals surface area contributed by atoms with E-state index in [0.29, 0.717) is 23.9 Å². The van der Waals surface area contributed by atoms with Crippen molar-refractivity contribution in [2.24, 2.45) is 0 Å². The van der Waals surface area contributed by atoms with Crippen LogP contribution >= 0.6 is 0 Å². The van der Waals surface area contributed by atoms with Crippen molar-refractivity contribution in [2.75, 3.05) is 39.3 Å². The zero-order chi connectivity index (χ0) is 17.6. The fourth-order valence-electron chi connectivity index (χ4n) is 2.93. The van der Waals surface area contributed by atoms with Crippen LogP contribution in [0.2, 0.25) is 0 Å². The van der Waals surface area contributed by atoms with Gasteiger partial charge in [-0.2, -0.15) is 10.2 Å². The van der Waals surface area contributed by atoms with E-state index in [2.05, 4.69) is 32.9 Å². The van der Waals surface area contributed by atoms with Crippen LogP contribution in [0.5, 0.6) is 5.75 Å². The van der Waals surface area contributed by atoms with Crippen LogP contribution in [0.15, 0.2) is 28.8 Å². The van der Waals surface area contributed by atoms with Crippen LogP contribution in [0.25, 0.3) is 0 Å². The first kappa shape index (κ1) is 17.4. The van der Waals surface area contributed by atoms with E-state index >= 15 is 0 Å². The molecule has 1 aliphatic rings. The molecule has 0 aliphatic carbocycles. The van der Waals surface area contributed by atoms with E-state index in [-0.39, 0.29) is 6.04 Å². The summed E-state index contributed by atoms with van der Waals surface area (Å²) in [6, 6.07) is 9.48. The Morgan fingerprint density at radius 2 is 1.96 bits per heavy atom. The van der Waals surface area contributed by atoms with E-state index in [1.807, 2.05) is 19.1 Å². The first-order chi connectivity index (χ1) is 12.2. The maximum absolute atomic E-state index is 8.79. The Bertz CT molecular complexity index is 714. The maximum atomic E-state index is 8.79. The van der Waals surface area contributed by atoms with E-state index in [1.54, 1.807) is 12.1 Å². The highest BCUT2D eigenvalue weighted by Gasteiger charge is 2.25. The van der Waals surface area contributed by atoms with Gasteiger partial charge < -0.3 is 9.26 Å². The van der Waals surface area contributed by atoms with Crippen molar-refractivity contribution in [1.82, 2.24) is 19.9 Å². The molecular weight excluding hydrogens is 318 g/mol. The molecule has 25 heavy (non-hydrogen) atoms. The van der Waals surface area contributed by atoms with Crippen molar-refractivity contribution in [3.63, 3.8) is 0 Å². The monoisotopic (exact) mass is 341 g/mol. The van der Waals surface area contributed by atoms with Gasteiger partial charge in [-0.1, -0.05) is 5.16 Å². The Labute approximate surface area is 147 Å². The SMILES string of the molecule is Cc1noc([C@H](C)N2CCN(CCOc3ccc(C#N)cc3)CC2)n1. The van der Waals surface area contributed by atoms with Gasteiger partial charge >= 0.3 is 0 Å². The predicted octanol–water partition coefficient (Wildman–Crippen LogP) is 2.01. The highest BCUT2D eigenvalue weighted by molar-refractivity contribution is 5.34. The van der Waals surface area contributed by atoms with E-state index < -0.39 is 0 Å². The summed E-state index contributed by atoms with van der Waals surface area (Å²) in [7, 11) is 0. The molecule has 0 N–H and O–H groups in total. The number of aryl methyl sites for hydroxylation is 1. The molecule has 1 aromatic heterocycles. The summed E-state index contributed by atoms with van der Waals surface area (Å²) in [4.78, 5) is 9.09. The molecule has 1 atom stereocenters. The van der Waals surface area contributed by atoms with Crippen LogP contribution in [-0.2, 0) is 0 Å². The normalized spacial score (nSPS) is 17.2. The van der Waals surface area contributed by atoms with E-state index in [9.17, 15) is 0 Å². The first-order valence-electron chi connectivity index (χ1n) is 8.55. The average Bonchev–Trinajstić information content (AvgIpc) is 3.09. The lowest BCUT2D eigenvalue weighted by molar-refractivity contribution is 0.0800. The fraction of sp³-hybridized carbons (Fsp3) is 0.500. The first-order valence-corrected chi connectivity index (χ1v) is 8.55. The Balaban J connectivity index is 1.39. The van der Waals surface area contributed by atoms with Gasteiger partial charge in [0.15, 0.2) is 5.82 Å². The van der Waals surface area contributed by atoms with Crippen molar-refractivity contribution in [1.29, 1.82) is 5.26 Å². The third kappa shape index (κ3) is 4.56. The summed E-state index contributed by atoms with van der Waals surface area (Å²) in [6.45, 7) is 9.41. The molecule has 0 unspecified atom stereocenters. The number of nitrogens with zero attached hydrogens (tertiary/aromatic N) is 5. The lowest BCUT2D eigenvalue weighted by Gasteiger charge is -2.36. The van der Waals surface area contributed by atoms with Crippen LogP contribution in [0, 0.1) is 18.3 Å². The Hall–Kier alpha value is -2.43. The molecule has 7 nitrogen and oxygen atoms in total. The molecule has 0 spiro atoms. The molecule has 1 saturated heterocycles. The number of hydrogen-bond acceptors (Lipinski definition) is 7. The van der Waals surface area contributed by atoms with Gasteiger partial charge in [-0.15, -0.1) is 0 Å². The smallest absolute Gasteiger partial charge is 0.243 e. The van der Waals surface area contributed by atoms with Gasteiger partial charge in [0.2, 0.25) is 5.89 Å². The number of nitriles is 1. The molecule has 1 fully saturated rings. The van der Waals surface area contributed by atoms with E-state index in [1.165, 1.54) is 0 Å². The Morgan fingerprint density at radius 3 is 2.56 bits per heavy atom. The van der Waals surface area contributed by atoms with Gasteiger partial charge in [-0.25, -0.2) is 0 Å². The second kappa shape index (κ2) is 8.10. The van der Waals surface area contributed by atoms with Crippen LogP contribution in [0.4, 0.5) is 0 Å². The second-order valence-electron chi connectivity index (χ2n) is 6.22. The molecule has 0 amide bonds. The third-order valence-electron chi connectivity index (χ3n) is 4.51. The third-order valence-corrected chi connectivity index (χ3v) is 4.51. The van der Waals surface area contributed by atoms with Crippen molar-refractivity contribution < 1.29 is 9.26 Å². The van der Waals surface area contributed by atoms with Gasteiger partial charge in [-0.05, 0) is 38.1 Å². The van der Waals surface area contributed by atoms with E-state index in [4.69, 9.17) is 14.5 Å². The van der Waals surface area contributed by atoms with Crippen LogP contribution in [0.1, 0.15) is 30.2 Å². The maximum Gasteiger partial charge on any atom is 0.243 e. The fourth-order valence-corrected chi connectivity index (χ4v) is 2.93. The number of piperazine rings is 1. The highest BCUT2D eigenvalue weighted by Crippen LogP contribution is 2.20. The zero-order valence-corrected chi connectivity index (χ0v) is 14.7. The number of ether oxygens (including phenoxy) is 1. The number of benzene rings is 1. The molecular formula is C18H23N5O2. The molecule has 7 heteroatoms. The predicted molar refractivity (Wildman–Crippen MR) is 92.1 cm³/mol. The van der Waals surface area contributed by atoms with Crippen molar-refractivity contribution in [2.45, 2.75) is 19.9 Å². The summed E-state index contributed by atoms with van der Waals surface area (Å²) in [5, 5.41) is 12.7. The highest BCUT2D eigenvalue weighted by atomic mass is 16.5. The molecule has 2 heterocycles. The molecule has 132 valence electrons. The summed E-state index contributed by atoms with van der Waals surface area (Å²) in [5.74, 6) is 2.17. The number of hydrogen-bond donors (Lipinski definition) is 0. The largest absolute Gasteiger partial charge is 0.492 e. The van der Waals surface area contributed by atoms with Gasteiger partial charge in [0.1, 0.15) is 12.4 Å². The molecule has 3 rings (SSSR count). The van der Waals surface area contributed by atoms with Crippen LogP contribution < -0.4 is 4.74 Å². The molecule has 1 aromatic carbocycles. The van der Waals surface area contributed by atoms with Crippen molar-refractivity contribution in [3.8, 4) is 11.8 Å². The number of rotatable bonds is 6. The topological polar surface area (TPSA) is 78.4 Å². The lowest BCUT2D eigenvalue weighted by atomic mass is 10.2. The summed E-state index contributed by atoms with van der Waals surface area (Å²) in [5.41, 5.74) is 0.647. The lowest BCUT2D eigenvalue weighted by Crippen LogP contribution is -2.48. The minimum absolute atomic E-state index is 0.151. The Morgan fingerprint density at radius 1 is 1.24 bits per heavy atom. The van der Waals surface area contributed by atoms with Gasteiger partial charge in [0.25, 0.3) is 0 Å². The Kier molecular flexibility index (Phi) is 5.64. The molecule has 0 saturated carbocycles. The van der Waals surface area contributed by atoms with Gasteiger partial charge in [0, 0.05) is 32.7 Å². The summed E-state index contributed by atoms with van der Waals surface area (Å²) >= 11 is 0. The average molecular weight is 341 g/mol. The summed E-state index contributed by atoms with van der Waals surface area (Å²) < 4.78 is 11.0. The minimum Gasteiger partial charge on any atom is -0.492 e. The molecule has 2 aromatic rings. The summed E-state index contributed by atoms with van der Waals surface area (Å²) in [6.07, 6.45) is 0. The van der Waals surface area contributed by atoms with E-state index in [0.717, 1.165) is 38.5 Å².